The Labute approximate surface area is 81.8 Å². The van der Waals surface area contributed by atoms with Gasteiger partial charge in [0.2, 0.25) is 0 Å². The quantitative estimate of drug-likeness (QED) is 0.677. The van der Waals surface area contributed by atoms with E-state index in [0.29, 0.717) is 16.1 Å². The first-order valence-corrected chi connectivity index (χ1v) is 4.29. The summed E-state index contributed by atoms with van der Waals surface area (Å²) in [6, 6.07) is 2.67. The van der Waals surface area contributed by atoms with Gasteiger partial charge in [-0.1, -0.05) is 11.6 Å². The van der Waals surface area contributed by atoms with Gasteiger partial charge in [0.1, 0.15) is 5.75 Å². The van der Waals surface area contributed by atoms with Crippen LogP contribution in [0.4, 0.5) is 0 Å². The zero-order valence-electron chi connectivity index (χ0n) is 7.29. The molecule has 0 spiro atoms. The van der Waals surface area contributed by atoms with Crippen LogP contribution in [0.5, 0.6) is 5.75 Å². The van der Waals surface area contributed by atoms with Crippen LogP contribution in [0.1, 0.15) is 17.2 Å². The fourth-order valence-corrected chi connectivity index (χ4v) is 1.23. The van der Waals surface area contributed by atoms with Gasteiger partial charge < -0.3 is 15.9 Å². The number of phenolic OH excluding ortho intramolecular Hbond substituents is 1. The highest BCUT2D eigenvalue weighted by molar-refractivity contribution is 6.31. The van der Waals surface area contributed by atoms with E-state index >= 15 is 0 Å². The summed E-state index contributed by atoms with van der Waals surface area (Å²) in [5.74, 6) is 0.103. The second kappa shape index (κ2) is 3.96. The molecule has 1 rings (SSSR count). The Kier molecular flexibility index (Phi) is 3.14. The SMILES string of the molecule is Cc1c(O)cc(C(N)CO)cc1Cl. The molecule has 1 aromatic rings. The number of halogens is 1. The number of hydrogen-bond donors (Lipinski definition) is 3. The molecule has 1 aromatic carbocycles. The zero-order valence-corrected chi connectivity index (χ0v) is 8.04. The molecule has 72 valence electrons. The van der Waals surface area contributed by atoms with Crippen molar-refractivity contribution in [2.75, 3.05) is 6.61 Å². The van der Waals surface area contributed by atoms with Gasteiger partial charge >= 0.3 is 0 Å². The Balaban J connectivity index is 3.13. The summed E-state index contributed by atoms with van der Waals surface area (Å²) in [5.41, 5.74) is 6.82. The number of aliphatic hydroxyl groups excluding tert-OH is 1. The molecule has 13 heavy (non-hydrogen) atoms. The number of hydrogen-bond acceptors (Lipinski definition) is 3. The second-order valence-corrected chi connectivity index (χ2v) is 3.34. The lowest BCUT2D eigenvalue weighted by Gasteiger charge is -2.11. The van der Waals surface area contributed by atoms with Crippen molar-refractivity contribution in [2.45, 2.75) is 13.0 Å². The van der Waals surface area contributed by atoms with Gasteiger partial charge in [-0.3, -0.25) is 0 Å². The molecule has 0 heterocycles. The number of nitrogens with two attached hydrogens (primary N) is 1. The molecule has 0 radical (unpaired) electrons. The Bertz CT molecular complexity index is 291. The molecule has 0 saturated heterocycles. The van der Waals surface area contributed by atoms with Gasteiger partial charge in [0.15, 0.2) is 0 Å². The predicted octanol–water partition coefficient (Wildman–Crippen LogP) is 1.35. The van der Waals surface area contributed by atoms with Crippen molar-refractivity contribution in [2.24, 2.45) is 5.73 Å². The summed E-state index contributed by atoms with van der Waals surface area (Å²) in [4.78, 5) is 0. The van der Waals surface area contributed by atoms with E-state index in [1.165, 1.54) is 6.07 Å². The highest BCUT2D eigenvalue weighted by atomic mass is 35.5. The molecule has 0 saturated carbocycles. The second-order valence-electron chi connectivity index (χ2n) is 2.94. The van der Waals surface area contributed by atoms with Crippen LogP contribution >= 0.6 is 11.6 Å². The molecule has 4 N–H and O–H groups in total. The molecular weight excluding hydrogens is 190 g/mol. The molecular formula is C9H12ClNO2. The topological polar surface area (TPSA) is 66.5 Å². The molecule has 0 amide bonds. The van der Waals surface area contributed by atoms with Crippen molar-refractivity contribution in [3.8, 4) is 5.75 Å². The maximum Gasteiger partial charge on any atom is 0.120 e. The van der Waals surface area contributed by atoms with Gasteiger partial charge in [-0.25, -0.2) is 0 Å². The number of aromatic hydroxyl groups is 1. The van der Waals surface area contributed by atoms with Crippen LogP contribution in [-0.2, 0) is 0 Å². The van der Waals surface area contributed by atoms with Gasteiger partial charge in [-0.05, 0) is 24.6 Å². The largest absolute Gasteiger partial charge is 0.508 e. The van der Waals surface area contributed by atoms with Crippen molar-refractivity contribution in [3.63, 3.8) is 0 Å². The summed E-state index contributed by atoms with van der Waals surface area (Å²) in [7, 11) is 0. The van der Waals surface area contributed by atoms with Crippen LogP contribution in [0.25, 0.3) is 0 Å². The number of benzene rings is 1. The highest BCUT2D eigenvalue weighted by Crippen LogP contribution is 2.28. The standard InChI is InChI=1S/C9H12ClNO2/c1-5-7(10)2-6(3-9(5)13)8(11)4-12/h2-3,8,12-13H,4,11H2,1H3. The summed E-state index contributed by atoms with van der Waals surface area (Å²) in [6.07, 6.45) is 0. The van der Waals surface area contributed by atoms with Crippen LogP contribution in [-0.4, -0.2) is 16.8 Å². The van der Waals surface area contributed by atoms with Gasteiger partial charge in [0, 0.05) is 10.6 Å². The first-order valence-electron chi connectivity index (χ1n) is 3.91. The van der Waals surface area contributed by atoms with Crippen LogP contribution in [0.2, 0.25) is 5.02 Å². The lowest BCUT2D eigenvalue weighted by Crippen LogP contribution is -2.14. The average Bonchev–Trinajstić information content (AvgIpc) is 2.12. The summed E-state index contributed by atoms with van der Waals surface area (Å²) in [6.45, 7) is 1.55. The van der Waals surface area contributed by atoms with E-state index in [1.54, 1.807) is 13.0 Å². The summed E-state index contributed by atoms with van der Waals surface area (Å²) < 4.78 is 0. The molecule has 0 fully saturated rings. The third-order valence-corrected chi connectivity index (χ3v) is 2.36. The molecule has 0 aliphatic heterocycles. The summed E-state index contributed by atoms with van der Waals surface area (Å²) >= 11 is 5.82. The normalized spacial score (nSPS) is 12.9. The van der Waals surface area contributed by atoms with E-state index < -0.39 is 6.04 Å². The summed E-state index contributed by atoms with van der Waals surface area (Å²) in [5, 5.41) is 18.7. The van der Waals surface area contributed by atoms with Gasteiger partial charge in [0.25, 0.3) is 0 Å². The smallest absolute Gasteiger partial charge is 0.120 e. The predicted molar refractivity (Wildman–Crippen MR) is 51.9 cm³/mol. The molecule has 4 heteroatoms. The highest BCUT2D eigenvalue weighted by Gasteiger charge is 2.09. The Morgan fingerprint density at radius 3 is 2.62 bits per heavy atom. The van der Waals surface area contributed by atoms with Crippen molar-refractivity contribution >= 4 is 11.6 Å². The van der Waals surface area contributed by atoms with Crippen LogP contribution in [0, 0.1) is 6.92 Å². The average molecular weight is 202 g/mol. The van der Waals surface area contributed by atoms with E-state index in [-0.39, 0.29) is 12.4 Å². The Hall–Kier alpha value is -0.770. The molecule has 0 aromatic heterocycles. The number of aliphatic hydroxyl groups is 1. The van der Waals surface area contributed by atoms with Crippen LogP contribution < -0.4 is 5.73 Å². The maximum atomic E-state index is 9.40. The Morgan fingerprint density at radius 1 is 1.54 bits per heavy atom. The van der Waals surface area contributed by atoms with Crippen molar-refractivity contribution in [1.29, 1.82) is 0 Å². The van der Waals surface area contributed by atoms with E-state index in [1.807, 2.05) is 0 Å². The molecule has 0 aliphatic carbocycles. The van der Waals surface area contributed by atoms with Crippen molar-refractivity contribution in [3.05, 3.63) is 28.3 Å². The lowest BCUT2D eigenvalue weighted by molar-refractivity contribution is 0.268. The fourth-order valence-electron chi connectivity index (χ4n) is 1.00. The van der Waals surface area contributed by atoms with Gasteiger partial charge in [-0.2, -0.15) is 0 Å². The monoisotopic (exact) mass is 201 g/mol. The fraction of sp³-hybridized carbons (Fsp3) is 0.333. The molecule has 0 aliphatic rings. The van der Waals surface area contributed by atoms with E-state index in [9.17, 15) is 5.11 Å². The minimum Gasteiger partial charge on any atom is -0.508 e. The first kappa shape index (κ1) is 10.3. The molecule has 3 nitrogen and oxygen atoms in total. The minimum absolute atomic E-state index is 0.103. The van der Waals surface area contributed by atoms with Gasteiger partial charge in [0.05, 0.1) is 12.6 Å². The molecule has 1 atom stereocenters. The van der Waals surface area contributed by atoms with Crippen molar-refractivity contribution in [1.82, 2.24) is 0 Å². The van der Waals surface area contributed by atoms with E-state index in [2.05, 4.69) is 0 Å². The maximum absolute atomic E-state index is 9.40. The number of phenols is 1. The first-order chi connectivity index (χ1) is 6.06. The molecule has 0 bridgehead atoms. The third kappa shape index (κ3) is 2.12. The number of rotatable bonds is 2. The van der Waals surface area contributed by atoms with Crippen LogP contribution in [0.15, 0.2) is 12.1 Å². The Morgan fingerprint density at radius 2 is 2.15 bits per heavy atom. The molecule has 1 unspecified atom stereocenters. The van der Waals surface area contributed by atoms with E-state index in [4.69, 9.17) is 22.4 Å². The van der Waals surface area contributed by atoms with E-state index in [0.717, 1.165) is 0 Å². The van der Waals surface area contributed by atoms with Crippen LogP contribution in [0.3, 0.4) is 0 Å². The third-order valence-electron chi connectivity index (χ3n) is 1.96. The zero-order chi connectivity index (χ0) is 10.0. The van der Waals surface area contributed by atoms with Gasteiger partial charge in [-0.15, -0.1) is 0 Å². The van der Waals surface area contributed by atoms with Crippen molar-refractivity contribution < 1.29 is 10.2 Å². The minimum atomic E-state index is -0.496. The lowest BCUT2D eigenvalue weighted by atomic mass is 10.1.